The number of hydrogen-bond acceptors (Lipinski definition) is 3. The van der Waals surface area contributed by atoms with Crippen molar-refractivity contribution in [1.82, 2.24) is 5.32 Å². The van der Waals surface area contributed by atoms with Gasteiger partial charge in [-0.15, -0.1) is 0 Å². The summed E-state index contributed by atoms with van der Waals surface area (Å²) < 4.78 is 13.1. The molecule has 0 radical (unpaired) electrons. The molecule has 0 saturated carbocycles. The highest BCUT2D eigenvalue weighted by Crippen LogP contribution is 2.38. The third-order valence-electron chi connectivity index (χ3n) is 3.91. The minimum atomic E-state index is -0.374. The zero-order chi connectivity index (χ0) is 13.3. The first-order valence-electron chi connectivity index (χ1n) is 6.96. The molecule has 104 valence electrons. The average Bonchev–Trinajstić information content (AvgIpc) is 2.39. The maximum Gasteiger partial charge on any atom is 0.171 e. The molecule has 2 saturated heterocycles. The molecule has 1 N–H and O–H groups in total. The fourth-order valence-electron chi connectivity index (χ4n) is 3.08. The lowest BCUT2D eigenvalue weighted by atomic mass is 9.88. The zero-order valence-corrected chi connectivity index (χ0v) is 12.8. The molecule has 1 spiro atoms. The molecule has 19 heavy (non-hydrogen) atoms. The molecule has 2 aliphatic rings. The number of hydrogen-bond donors (Lipinski definition) is 1. The predicted molar refractivity (Wildman–Crippen MR) is 78.0 cm³/mol. The second-order valence-electron chi connectivity index (χ2n) is 5.54. The first-order chi connectivity index (χ1) is 9.17. The summed E-state index contributed by atoms with van der Waals surface area (Å²) in [6.45, 7) is 3.84. The van der Waals surface area contributed by atoms with Crippen LogP contribution in [0.5, 0.6) is 0 Å². The van der Waals surface area contributed by atoms with E-state index in [0.717, 1.165) is 36.9 Å². The van der Waals surface area contributed by atoms with E-state index in [1.54, 1.807) is 0 Å². The topological polar surface area (TPSA) is 30.5 Å². The van der Waals surface area contributed by atoms with Gasteiger partial charge in [0.25, 0.3) is 0 Å². The van der Waals surface area contributed by atoms with E-state index < -0.39 is 0 Å². The summed E-state index contributed by atoms with van der Waals surface area (Å²) >= 11 is 3.48. The number of nitrogens with one attached hydrogen (secondary N) is 1. The summed E-state index contributed by atoms with van der Waals surface area (Å²) in [6, 6.07) is 9.21. The van der Waals surface area contributed by atoms with Gasteiger partial charge in [0.1, 0.15) is 0 Å². The van der Waals surface area contributed by atoms with Crippen LogP contribution in [0.4, 0.5) is 0 Å². The van der Waals surface area contributed by atoms with Crippen LogP contribution in [0.2, 0.25) is 0 Å². The Balaban J connectivity index is 1.80. The van der Waals surface area contributed by atoms with Crippen molar-refractivity contribution in [3.8, 4) is 0 Å². The standard InChI is InChI=1S/C15H20BrNO2/c1-11-9-15(18-7-2-8-19-15)10-14(17-11)12-3-5-13(16)6-4-12/h3-6,11,14,17H,2,7-10H2,1H3/t11-,14-/m1/s1. The van der Waals surface area contributed by atoms with Crippen LogP contribution in [0.3, 0.4) is 0 Å². The highest BCUT2D eigenvalue weighted by Gasteiger charge is 2.42. The fourth-order valence-corrected chi connectivity index (χ4v) is 3.35. The average molecular weight is 326 g/mol. The van der Waals surface area contributed by atoms with Gasteiger partial charge in [-0.3, -0.25) is 0 Å². The molecule has 0 aliphatic carbocycles. The van der Waals surface area contributed by atoms with Gasteiger partial charge in [0.05, 0.1) is 13.2 Å². The maximum atomic E-state index is 5.98. The van der Waals surface area contributed by atoms with Crippen molar-refractivity contribution in [1.29, 1.82) is 0 Å². The summed E-state index contributed by atoms with van der Waals surface area (Å²) in [4.78, 5) is 0. The number of ether oxygens (including phenoxy) is 2. The minimum Gasteiger partial charge on any atom is -0.350 e. The van der Waals surface area contributed by atoms with E-state index in [9.17, 15) is 0 Å². The molecule has 1 aromatic rings. The minimum absolute atomic E-state index is 0.301. The van der Waals surface area contributed by atoms with Gasteiger partial charge in [-0.05, 0) is 31.0 Å². The van der Waals surface area contributed by atoms with Crippen molar-refractivity contribution in [3.05, 3.63) is 34.3 Å². The van der Waals surface area contributed by atoms with Crippen LogP contribution in [0.1, 0.15) is 37.8 Å². The molecule has 2 fully saturated rings. The second-order valence-corrected chi connectivity index (χ2v) is 6.46. The highest BCUT2D eigenvalue weighted by atomic mass is 79.9. The summed E-state index contributed by atoms with van der Waals surface area (Å²) in [5.41, 5.74) is 1.30. The number of piperidine rings is 1. The van der Waals surface area contributed by atoms with E-state index in [-0.39, 0.29) is 5.79 Å². The molecular weight excluding hydrogens is 306 g/mol. The summed E-state index contributed by atoms with van der Waals surface area (Å²) in [5, 5.41) is 3.65. The number of benzene rings is 1. The van der Waals surface area contributed by atoms with E-state index in [1.807, 2.05) is 0 Å². The van der Waals surface area contributed by atoms with Crippen LogP contribution in [0.25, 0.3) is 0 Å². The van der Waals surface area contributed by atoms with E-state index in [4.69, 9.17) is 9.47 Å². The maximum absolute atomic E-state index is 5.98. The Kier molecular flexibility index (Phi) is 3.94. The lowest BCUT2D eigenvalue weighted by Crippen LogP contribution is -2.53. The van der Waals surface area contributed by atoms with Gasteiger partial charge < -0.3 is 14.8 Å². The summed E-state index contributed by atoms with van der Waals surface area (Å²) in [5.74, 6) is -0.374. The fraction of sp³-hybridized carbons (Fsp3) is 0.600. The predicted octanol–water partition coefficient (Wildman–Crippen LogP) is 3.40. The Morgan fingerprint density at radius 2 is 1.84 bits per heavy atom. The molecule has 2 heterocycles. The molecule has 2 aliphatic heterocycles. The van der Waals surface area contributed by atoms with E-state index in [0.29, 0.717) is 12.1 Å². The Labute approximate surface area is 122 Å². The normalized spacial score (nSPS) is 30.4. The van der Waals surface area contributed by atoms with Crippen molar-refractivity contribution in [2.24, 2.45) is 0 Å². The molecule has 3 nitrogen and oxygen atoms in total. The monoisotopic (exact) mass is 325 g/mol. The van der Waals surface area contributed by atoms with Gasteiger partial charge in [-0.2, -0.15) is 0 Å². The van der Waals surface area contributed by atoms with Gasteiger partial charge >= 0.3 is 0 Å². The molecular formula is C15H20BrNO2. The van der Waals surface area contributed by atoms with Crippen molar-refractivity contribution in [3.63, 3.8) is 0 Å². The molecule has 0 amide bonds. The van der Waals surface area contributed by atoms with Crippen molar-refractivity contribution in [2.75, 3.05) is 13.2 Å². The smallest absolute Gasteiger partial charge is 0.171 e. The molecule has 0 bridgehead atoms. The van der Waals surface area contributed by atoms with Crippen LogP contribution >= 0.6 is 15.9 Å². The number of rotatable bonds is 1. The van der Waals surface area contributed by atoms with Crippen LogP contribution in [-0.2, 0) is 9.47 Å². The van der Waals surface area contributed by atoms with Crippen LogP contribution in [0.15, 0.2) is 28.7 Å². The van der Waals surface area contributed by atoms with E-state index in [2.05, 4.69) is 52.4 Å². The SMILES string of the molecule is C[C@@H]1CC2(C[C@H](c3ccc(Br)cc3)N1)OCCCO2. The van der Waals surface area contributed by atoms with Crippen molar-refractivity contribution < 1.29 is 9.47 Å². The van der Waals surface area contributed by atoms with Crippen molar-refractivity contribution >= 4 is 15.9 Å². The third-order valence-corrected chi connectivity index (χ3v) is 4.44. The number of halogens is 1. The third kappa shape index (κ3) is 3.02. The molecule has 3 rings (SSSR count). The Hall–Kier alpha value is -0.420. The zero-order valence-electron chi connectivity index (χ0n) is 11.2. The van der Waals surface area contributed by atoms with Crippen LogP contribution < -0.4 is 5.32 Å². The van der Waals surface area contributed by atoms with Gasteiger partial charge in [0, 0.05) is 29.4 Å². The highest BCUT2D eigenvalue weighted by molar-refractivity contribution is 9.10. The Morgan fingerprint density at radius 3 is 2.53 bits per heavy atom. The van der Waals surface area contributed by atoms with Crippen LogP contribution in [-0.4, -0.2) is 25.0 Å². The van der Waals surface area contributed by atoms with E-state index >= 15 is 0 Å². The first-order valence-corrected chi connectivity index (χ1v) is 7.76. The van der Waals surface area contributed by atoms with Crippen LogP contribution in [0, 0.1) is 0 Å². The Morgan fingerprint density at radius 1 is 1.16 bits per heavy atom. The summed E-state index contributed by atoms with van der Waals surface area (Å²) in [7, 11) is 0. The van der Waals surface area contributed by atoms with Gasteiger partial charge in [-0.25, -0.2) is 0 Å². The lowest BCUT2D eigenvalue weighted by molar-refractivity contribution is -0.286. The molecule has 2 atom stereocenters. The first kappa shape index (κ1) is 13.6. The molecule has 0 unspecified atom stereocenters. The molecule has 1 aromatic carbocycles. The van der Waals surface area contributed by atoms with E-state index in [1.165, 1.54) is 5.56 Å². The quantitative estimate of drug-likeness (QED) is 0.858. The second kappa shape index (κ2) is 5.52. The Bertz CT molecular complexity index is 428. The van der Waals surface area contributed by atoms with Crippen molar-refractivity contribution in [2.45, 2.75) is 44.1 Å². The largest absolute Gasteiger partial charge is 0.350 e. The van der Waals surface area contributed by atoms with Gasteiger partial charge in [-0.1, -0.05) is 28.1 Å². The lowest BCUT2D eigenvalue weighted by Gasteiger charge is -2.45. The molecule has 4 heteroatoms. The summed E-state index contributed by atoms with van der Waals surface area (Å²) in [6.07, 6.45) is 2.82. The van der Waals surface area contributed by atoms with Gasteiger partial charge in [0.2, 0.25) is 0 Å². The van der Waals surface area contributed by atoms with Gasteiger partial charge in [0.15, 0.2) is 5.79 Å². The molecule has 0 aromatic heterocycles.